The predicted molar refractivity (Wildman–Crippen MR) is 116 cm³/mol. The van der Waals surface area contributed by atoms with Crippen LogP contribution in [0.15, 0.2) is 0 Å². The summed E-state index contributed by atoms with van der Waals surface area (Å²) in [6, 6.07) is -0.307. The third-order valence-electron chi connectivity index (χ3n) is 6.99. The van der Waals surface area contributed by atoms with Gasteiger partial charge in [-0.1, -0.05) is 0 Å². The minimum Gasteiger partial charge on any atom is -0.394 e. The van der Waals surface area contributed by atoms with Gasteiger partial charge in [-0.05, 0) is 31.4 Å². The fourth-order valence-corrected chi connectivity index (χ4v) is 8.50. The van der Waals surface area contributed by atoms with Gasteiger partial charge in [-0.2, -0.15) is 0 Å². The van der Waals surface area contributed by atoms with E-state index >= 15 is 0 Å². The zero-order valence-electron chi connectivity index (χ0n) is 17.6. The number of rotatable bonds is 7. The molecule has 9 nitrogen and oxygen atoms in total. The summed E-state index contributed by atoms with van der Waals surface area (Å²) in [5, 5.41) is 22.9. The lowest BCUT2D eigenvalue weighted by atomic mass is 10.0. The average molecular weight is 466 g/mol. The number of nitrogens with one attached hydrogen (secondary N) is 1. The molecule has 0 spiro atoms. The van der Waals surface area contributed by atoms with Crippen LogP contribution in [-0.4, -0.2) is 115 Å². The molecule has 2 unspecified atom stereocenters. The first-order chi connectivity index (χ1) is 14.5. The fourth-order valence-electron chi connectivity index (χ4n) is 5.31. The van der Waals surface area contributed by atoms with Gasteiger partial charge in [0.2, 0.25) is 10.0 Å². The molecule has 0 radical (unpaired) electrons. The van der Waals surface area contributed by atoms with Crippen LogP contribution in [0, 0.1) is 0 Å². The van der Waals surface area contributed by atoms with Crippen molar-refractivity contribution in [1.29, 1.82) is 0 Å². The molecule has 0 aromatic heterocycles. The molecule has 6 atom stereocenters. The van der Waals surface area contributed by atoms with E-state index in [1.54, 1.807) is 0 Å². The molecular formula is C19H37N4O5S2+. The highest BCUT2D eigenvalue weighted by Crippen LogP contribution is 2.31. The van der Waals surface area contributed by atoms with Crippen LogP contribution in [0.2, 0.25) is 0 Å². The molecule has 4 aliphatic rings. The van der Waals surface area contributed by atoms with E-state index in [2.05, 4.69) is 19.8 Å². The van der Waals surface area contributed by atoms with Crippen molar-refractivity contribution < 1.29 is 28.7 Å². The van der Waals surface area contributed by atoms with Crippen LogP contribution in [0.1, 0.15) is 32.1 Å². The molecule has 4 aliphatic heterocycles. The van der Waals surface area contributed by atoms with Crippen LogP contribution in [0.5, 0.6) is 0 Å². The Bertz CT molecular complexity index is 649. The summed E-state index contributed by atoms with van der Waals surface area (Å²) < 4.78 is 33.4. The lowest BCUT2D eigenvalue weighted by Gasteiger charge is -2.42. The Labute approximate surface area is 183 Å². The van der Waals surface area contributed by atoms with Crippen LogP contribution >= 0.6 is 11.8 Å². The van der Waals surface area contributed by atoms with Gasteiger partial charge in [0.1, 0.15) is 23.0 Å². The smallest absolute Gasteiger partial charge is 0.223 e. The minimum atomic E-state index is -3.41. The zero-order chi connectivity index (χ0) is 21.1. The molecule has 5 N–H and O–H groups in total. The number of piperidine rings is 1. The molecule has 4 rings (SSSR count). The summed E-state index contributed by atoms with van der Waals surface area (Å²) in [6.07, 6.45) is 4.01. The van der Waals surface area contributed by atoms with Crippen molar-refractivity contribution in [3.05, 3.63) is 0 Å². The molecular weight excluding hydrogens is 428 g/mol. The third kappa shape index (κ3) is 5.15. The maximum atomic E-state index is 12.6. The highest BCUT2D eigenvalue weighted by molar-refractivity contribution is 8.13. The Morgan fingerprint density at radius 2 is 1.83 bits per heavy atom. The van der Waals surface area contributed by atoms with Gasteiger partial charge in [-0.15, -0.1) is 11.8 Å². The van der Waals surface area contributed by atoms with Gasteiger partial charge in [0.15, 0.2) is 0 Å². The van der Waals surface area contributed by atoms with Crippen LogP contribution in [0.3, 0.4) is 0 Å². The summed E-state index contributed by atoms with van der Waals surface area (Å²) in [7, 11) is -3.41. The second-order valence-electron chi connectivity index (χ2n) is 8.87. The van der Waals surface area contributed by atoms with E-state index in [0.717, 1.165) is 38.4 Å². The number of piperazine rings is 1. The summed E-state index contributed by atoms with van der Waals surface area (Å²) in [5.41, 5.74) is 0. The molecule has 0 bridgehead atoms. The van der Waals surface area contributed by atoms with Crippen molar-refractivity contribution in [3.8, 4) is 0 Å². The normalized spacial score (nSPS) is 39.5. The van der Waals surface area contributed by atoms with Crippen molar-refractivity contribution in [2.24, 2.45) is 0 Å². The third-order valence-corrected chi connectivity index (χ3v) is 10.8. The Morgan fingerprint density at radius 3 is 2.47 bits per heavy atom. The number of nitrogens with zero attached hydrogens (tertiary/aromatic N) is 2. The number of aliphatic hydroxyl groups excluding tert-OH is 2. The largest absolute Gasteiger partial charge is 0.394 e. The zero-order valence-corrected chi connectivity index (χ0v) is 19.2. The van der Waals surface area contributed by atoms with Crippen molar-refractivity contribution >= 4 is 21.8 Å². The summed E-state index contributed by atoms with van der Waals surface area (Å²) in [4.78, 5) is 4.75. The number of thioether (sulfide) groups is 1. The monoisotopic (exact) mass is 465 g/mol. The summed E-state index contributed by atoms with van der Waals surface area (Å²) in [6.45, 7) is 4.56. The Hall–Kier alpha value is 0.0200. The van der Waals surface area contributed by atoms with Crippen molar-refractivity contribution in [2.75, 3.05) is 51.6 Å². The van der Waals surface area contributed by atoms with Gasteiger partial charge in [0, 0.05) is 39.1 Å². The second-order valence-corrected chi connectivity index (χ2v) is 12.4. The Morgan fingerprint density at radius 1 is 1.07 bits per heavy atom. The molecule has 0 saturated carbocycles. The van der Waals surface area contributed by atoms with E-state index in [1.165, 1.54) is 37.6 Å². The topological polar surface area (TPSA) is 119 Å². The van der Waals surface area contributed by atoms with Gasteiger partial charge in [-0.3, -0.25) is 9.80 Å². The number of hydrogen-bond acceptors (Lipinski definition) is 8. The molecule has 0 aromatic carbocycles. The molecule has 4 saturated heterocycles. The maximum absolute atomic E-state index is 12.6. The maximum Gasteiger partial charge on any atom is 0.223 e. The molecule has 4 heterocycles. The van der Waals surface area contributed by atoms with Crippen molar-refractivity contribution in [1.82, 2.24) is 14.5 Å². The average Bonchev–Trinajstić information content (AvgIpc) is 3.42. The van der Waals surface area contributed by atoms with E-state index < -0.39 is 32.9 Å². The van der Waals surface area contributed by atoms with E-state index in [1.807, 2.05) is 0 Å². The van der Waals surface area contributed by atoms with Crippen LogP contribution in [0.25, 0.3) is 0 Å². The Balaban J connectivity index is 1.36. The van der Waals surface area contributed by atoms with Gasteiger partial charge < -0.3 is 20.3 Å². The highest BCUT2D eigenvalue weighted by atomic mass is 32.3. The SMILES string of the molecule is O=S(=O)(NC[C@H]1O[C@@H](CO)[C@@H](O)[C@@H]1N1CCN(C2CCCC[NH2+]2)CC1)C1CCCS1. The molecule has 174 valence electrons. The van der Waals surface area contributed by atoms with Gasteiger partial charge in [0.05, 0.1) is 25.3 Å². The number of nitrogens with two attached hydrogens (primary N) is 1. The van der Waals surface area contributed by atoms with Crippen LogP contribution in [0.4, 0.5) is 0 Å². The van der Waals surface area contributed by atoms with E-state index in [9.17, 15) is 18.6 Å². The van der Waals surface area contributed by atoms with Gasteiger partial charge in [-0.25, -0.2) is 13.1 Å². The van der Waals surface area contributed by atoms with E-state index in [4.69, 9.17) is 4.74 Å². The lowest BCUT2D eigenvalue weighted by molar-refractivity contribution is -0.717. The molecule has 0 aliphatic carbocycles. The van der Waals surface area contributed by atoms with E-state index in [-0.39, 0.29) is 19.2 Å². The highest BCUT2D eigenvalue weighted by Gasteiger charge is 2.47. The number of ether oxygens (including phenoxy) is 1. The molecule has 4 fully saturated rings. The molecule has 30 heavy (non-hydrogen) atoms. The Kier molecular flexibility index (Phi) is 7.97. The molecule has 0 aromatic rings. The van der Waals surface area contributed by atoms with E-state index in [0.29, 0.717) is 12.6 Å². The quantitative estimate of drug-likeness (QED) is 0.339. The van der Waals surface area contributed by atoms with Crippen LogP contribution in [-0.2, 0) is 14.8 Å². The minimum absolute atomic E-state index is 0.133. The van der Waals surface area contributed by atoms with Crippen LogP contribution < -0.4 is 10.0 Å². The van der Waals surface area contributed by atoms with Gasteiger partial charge >= 0.3 is 0 Å². The fraction of sp³-hybridized carbons (Fsp3) is 1.00. The standard InChI is InChI=1S/C19H36N4O5S2/c24-13-15-19(25)18(14(28-15)12-21-30(26,27)17-5-3-11-29-17)23-9-7-22(8-10-23)16-4-1-2-6-20-16/h14-21,24-25H,1-13H2/p+1/t14-,15+,16?,17?,18-,19-/m1/s1. The number of quaternary nitrogens is 1. The summed E-state index contributed by atoms with van der Waals surface area (Å²) in [5.74, 6) is 0.877. The second kappa shape index (κ2) is 10.3. The molecule has 11 heteroatoms. The number of sulfonamides is 1. The number of hydrogen-bond donors (Lipinski definition) is 4. The van der Waals surface area contributed by atoms with Crippen molar-refractivity contribution in [2.45, 2.75) is 67.2 Å². The summed E-state index contributed by atoms with van der Waals surface area (Å²) >= 11 is 1.48. The first-order valence-electron chi connectivity index (χ1n) is 11.4. The van der Waals surface area contributed by atoms with Crippen molar-refractivity contribution in [3.63, 3.8) is 0 Å². The molecule has 0 amide bonds. The lowest BCUT2D eigenvalue weighted by Crippen LogP contribution is -2.95. The first-order valence-corrected chi connectivity index (χ1v) is 13.9. The predicted octanol–water partition coefficient (Wildman–Crippen LogP) is -2.06. The number of aliphatic hydroxyl groups is 2. The van der Waals surface area contributed by atoms with Gasteiger partial charge in [0.25, 0.3) is 0 Å². The first kappa shape index (κ1) is 23.2.